The fraction of sp³-hybridized carbons (Fsp3) is 0.208. The summed E-state index contributed by atoms with van der Waals surface area (Å²) in [7, 11) is 0. The van der Waals surface area contributed by atoms with Crippen LogP contribution >= 0.6 is 15.9 Å². The van der Waals surface area contributed by atoms with Crippen molar-refractivity contribution in [2.24, 2.45) is 0 Å². The van der Waals surface area contributed by atoms with Gasteiger partial charge in [-0.1, -0.05) is 41.9 Å². The number of aryl methyl sites for hydroxylation is 1. The van der Waals surface area contributed by atoms with E-state index >= 15 is 0 Å². The van der Waals surface area contributed by atoms with Crippen molar-refractivity contribution in [2.75, 3.05) is 0 Å². The van der Waals surface area contributed by atoms with Crippen LogP contribution in [-0.2, 0) is 6.61 Å². The Balaban J connectivity index is 1.70. The van der Waals surface area contributed by atoms with Gasteiger partial charge in [-0.05, 0) is 71.1 Å². The van der Waals surface area contributed by atoms with Gasteiger partial charge in [0.1, 0.15) is 17.9 Å². The largest absolute Gasteiger partial charge is 0.489 e. The zero-order valence-corrected chi connectivity index (χ0v) is 17.7. The molecule has 0 spiro atoms. The standard InChI is InChI=1S/C24H21BrO3/c1-14(2)21-12-22-18(11-24(26)28-23(22)8-15(21)3)13-27-20-7-5-16-9-19(25)6-4-17(16)10-20/h4-12,14H,13H2,1-3H3. The smallest absolute Gasteiger partial charge is 0.336 e. The summed E-state index contributed by atoms with van der Waals surface area (Å²) in [6.45, 7) is 6.68. The number of hydrogen-bond acceptors (Lipinski definition) is 3. The van der Waals surface area contributed by atoms with E-state index in [4.69, 9.17) is 9.15 Å². The molecule has 28 heavy (non-hydrogen) atoms. The van der Waals surface area contributed by atoms with E-state index in [1.165, 1.54) is 11.6 Å². The first-order valence-electron chi connectivity index (χ1n) is 9.30. The SMILES string of the molecule is Cc1cc2oc(=O)cc(COc3ccc4cc(Br)ccc4c3)c2cc1C(C)C. The second kappa shape index (κ2) is 7.44. The third kappa shape index (κ3) is 3.69. The van der Waals surface area contributed by atoms with Gasteiger partial charge in [-0.3, -0.25) is 0 Å². The summed E-state index contributed by atoms with van der Waals surface area (Å²) in [5.74, 6) is 1.16. The van der Waals surface area contributed by atoms with Crippen LogP contribution in [0.3, 0.4) is 0 Å². The van der Waals surface area contributed by atoms with Gasteiger partial charge >= 0.3 is 5.63 Å². The van der Waals surface area contributed by atoms with E-state index in [0.717, 1.165) is 37.5 Å². The molecule has 0 saturated carbocycles. The summed E-state index contributed by atoms with van der Waals surface area (Å²) >= 11 is 3.49. The maximum Gasteiger partial charge on any atom is 0.336 e. The normalized spacial score (nSPS) is 11.5. The molecule has 3 nitrogen and oxygen atoms in total. The number of hydrogen-bond donors (Lipinski definition) is 0. The quantitative estimate of drug-likeness (QED) is 0.333. The molecule has 4 aromatic rings. The van der Waals surface area contributed by atoms with Crippen LogP contribution in [0.1, 0.15) is 36.5 Å². The van der Waals surface area contributed by atoms with Crippen LogP contribution in [0, 0.1) is 6.92 Å². The Morgan fingerprint density at radius 3 is 2.54 bits per heavy atom. The molecule has 0 saturated heterocycles. The van der Waals surface area contributed by atoms with E-state index in [0.29, 0.717) is 18.1 Å². The average Bonchev–Trinajstić information content (AvgIpc) is 2.65. The van der Waals surface area contributed by atoms with Crippen LogP contribution in [0.2, 0.25) is 0 Å². The van der Waals surface area contributed by atoms with Gasteiger partial charge < -0.3 is 9.15 Å². The lowest BCUT2D eigenvalue weighted by atomic mass is 9.95. The highest BCUT2D eigenvalue weighted by Gasteiger charge is 2.12. The van der Waals surface area contributed by atoms with Crippen LogP contribution in [0.15, 0.2) is 68.3 Å². The summed E-state index contributed by atoms with van der Waals surface area (Å²) in [5.41, 5.74) is 3.47. The molecule has 4 heteroatoms. The van der Waals surface area contributed by atoms with E-state index in [1.54, 1.807) is 0 Å². The number of benzene rings is 3. The van der Waals surface area contributed by atoms with Crippen molar-refractivity contribution in [3.05, 3.63) is 86.2 Å². The Morgan fingerprint density at radius 1 is 1.00 bits per heavy atom. The molecule has 142 valence electrons. The molecule has 0 aliphatic carbocycles. The van der Waals surface area contributed by atoms with E-state index in [9.17, 15) is 4.79 Å². The molecule has 3 aromatic carbocycles. The van der Waals surface area contributed by atoms with Crippen LogP contribution in [0.5, 0.6) is 5.75 Å². The molecule has 0 unspecified atom stereocenters. The van der Waals surface area contributed by atoms with Gasteiger partial charge in [0.25, 0.3) is 0 Å². The molecule has 1 aromatic heterocycles. The minimum Gasteiger partial charge on any atom is -0.489 e. The molecule has 0 aliphatic rings. The Labute approximate surface area is 172 Å². The van der Waals surface area contributed by atoms with Crippen LogP contribution in [0.4, 0.5) is 0 Å². The van der Waals surface area contributed by atoms with E-state index < -0.39 is 0 Å². The van der Waals surface area contributed by atoms with Gasteiger partial charge in [0.05, 0.1) is 0 Å². The van der Waals surface area contributed by atoms with Gasteiger partial charge in [-0.2, -0.15) is 0 Å². The zero-order chi connectivity index (χ0) is 19.8. The number of halogens is 1. The molecular formula is C24H21BrO3. The lowest BCUT2D eigenvalue weighted by Gasteiger charge is -2.14. The molecular weight excluding hydrogens is 416 g/mol. The molecule has 0 radical (unpaired) electrons. The predicted octanol–water partition coefficient (Wildman–Crippen LogP) is 6.72. The lowest BCUT2D eigenvalue weighted by molar-refractivity contribution is 0.307. The monoisotopic (exact) mass is 436 g/mol. The Hall–Kier alpha value is -2.59. The molecule has 4 rings (SSSR count). The molecule has 0 atom stereocenters. The number of rotatable bonds is 4. The van der Waals surface area contributed by atoms with Gasteiger partial charge in [0.15, 0.2) is 0 Å². The van der Waals surface area contributed by atoms with E-state index in [2.05, 4.69) is 48.0 Å². The van der Waals surface area contributed by atoms with E-state index in [1.807, 2.05) is 37.3 Å². The highest BCUT2D eigenvalue weighted by molar-refractivity contribution is 9.10. The van der Waals surface area contributed by atoms with Gasteiger partial charge in [0.2, 0.25) is 0 Å². The summed E-state index contributed by atoms with van der Waals surface area (Å²) in [5, 5.41) is 3.18. The summed E-state index contributed by atoms with van der Waals surface area (Å²) in [4.78, 5) is 12.0. The van der Waals surface area contributed by atoms with Gasteiger partial charge in [0, 0.05) is 21.5 Å². The molecule has 0 aliphatic heterocycles. The fourth-order valence-corrected chi connectivity index (χ4v) is 3.96. The maximum atomic E-state index is 12.0. The number of ether oxygens (including phenoxy) is 1. The minimum absolute atomic E-state index is 0.310. The third-order valence-corrected chi connectivity index (χ3v) is 5.50. The fourth-order valence-electron chi connectivity index (χ4n) is 3.58. The summed E-state index contributed by atoms with van der Waals surface area (Å²) in [6.07, 6.45) is 0. The second-order valence-corrected chi connectivity index (χ2v) is 8.31. The van der Waals surface area contributed by atoms with Crippen molar-refractivity contribution < 1.29 is 9.15 Å². The first kappa shape index (κ1) is 18.8. The lowest BCUT2D eigenvalue weighted by Crippen LogP contribution is -2.05. The average molecular weight is 437 g/mol. The van der Waals surface area contributed by atoms with E-state index in [-0.39, 0.29) is 5.63 Å². The molecule has 0 N–H and O–H groups in total. The summed E-state index contributed by atoms with van der Waals surface area (Å²) < 4.78 is 12.5. The first-order valence-corrected chi connectivity index (χ1v) is 10.1. The second-order valence-electron chi connectivity index (χ2n) is 7.39. The maximum absolute atomic E-state index is 12.0. The first-order chi connectivity index (χ1) is 13.4. The summed E-state index contributed by atoms with van der Waals surface area (Å²) in [6, 6.07) is 17.7. The van der Waals surface area contributed by atoms with Crippen molar-refractivity contribution in [2.45, 2.75) is 33.3 Å². The highest BCUT2D eigenvalue weighted by atomic mass is 79.9. The Kier molecular flexibility index (Phi) is 4.98. The van der Waals surface area contributed by atoms with Crippen molar-refractivity contribution >= 4 is 37.7 Å². The third-order valence-electron chi connectivity index (χ3n) is 5.01. The van der Waals surface area contributed by atoms with Crippen LogP contribution in [-0.4, -0.2) is 0 Å². The predicted molar refractivity (Wildman–Crippen MR) is 117 cm³/mol. The van der Waals surface area contributed by atoms with Crippen molar-refractivity contribution in [3.63, 3.8) is 0 Å². The van der Waals surface area contributed by atoms with Crippen LogP contribution < -0.4 is 10.4 Å². The Bertz CT molecular complexity index is 1240. The van der Waals surface area contributed by atoms with Crippen LogP contribution in [0.25, 0.3) is 21.7 Å². The van der Waals surface area contributed by atoms with Crippen molar-refractivity contribution in [1.82, 2.24) is 0 Å². The molecule has 0 amide bonds. The molecule has 0 bridgehead atoms. The Morgan fingerprint density at radius 2 is 1.75 bits per heavy atom. The molecule has 0 fully saturated rings. The number of fused-ring (bicyclic) bond motifs is 2. The minimum atomic E-state index is -0.355. The topological polar surface area (TPSA) is 39.4 Å². The molecule has 1 heterocycles. The zero-order valence-electron chi connectivity index (χ0n) is 16.1. The van der Waals surface area contributed by atoms with Gasteiger partial charge in [-0.15, -0.1) is 0 Å². The highest BCUT2D eigenvalue weighted by Crippen LogP contribution is 2.28. The van der Waals surface area contributed by atoms with Crippen molar-refractivity contribution in [1.29, 1.82) is 0 Å². The van der Waals surface area contributed by atoms with Gasteiger partial charge in [-0.25, -0.2) is 4.79 Å². The van der Waals surface area contributed by atoms with Crippen molar-refractivity contribution in [3.8, 4) is 5.75 Å².